The first-order valence-corrected chi connectivity index (χ1v) is 10.1. The summed E-state index contributed by atoms with van der Waals surface area (Å²) in [6, 6.07) is 14.7. The van der Waals surface area contributed by atoms with Crippen molar-refractivity contribution < 1.29 is 40.6 Å². The van der Waals surface area contributed by atoms with Crippen molar-refractivity contribution in [1.29, 1.82) is 0 Å². The van der Waals surface area contributed by atoms with Gasteiger partial charge in [-0.2, -0.15) is 0 Å². The second-order valence-corrected chi connectivity index (χ2v) is 6.86. The van der Waals surface area contributed by atoms with Crippen LogP contribution in [-0.4, -0.2) is 28.4 Å². The van der Waals surface area contributed by atoms with Crippen LogP contribution in [0.5, 0.6) is 5.75 Å². The molecule has 0 aliphatic carbocycles. The van der Waals surface area contributed by atoms with Gasteiger partial charge in [0.1, 0.15) is 0 Å². The molecule has 0 bridgehead atoms. The van der Waals surface area contributed by atoms with Crippen LogP contribution in [0.3, 0.4) is 0 Å². The Kier molecular flexibility index (Phi) is 6.34. The number of ether oxygens (including phenoxy) is 1. The molecule has 0 spiro atoms. The second-order valence-electron chi connectivity index (χ2n) is 4.62. The monoisotopic (exact) mass is 423 g/mol. The fourth-order valence-electron chi connectivity index (χ4n) is 1.91. The number of hydrogen-bond acceptors (Lipinski definition) is 3. The average Bonchev–Trinajstić information content (AvgIpc) is 2.58. The molecule has 2 aromatic carbocycles. The van der Waals surface area contributed by atoms with Crippen LogP contribution in [0.2, 0.25) is 0 Å². The maximum atomic E-state index is 12.4. The fraction of sp³-hybridized carbons (Fsp3) is 0.111. The van der Waals surface area contributed by atoms with Crippen molar-refractivity contribution in [3.63, 3.8) is 0 Å². The third kappa shape index (κ3) is 5.21. The van der Waals surface area contributed by atoms with E-state index in [1.807, 2.05) is 35.3 Å². The van der Waals surface area contributed by atoms with Crippen LogP contribution in [0.4, 0.5) is 0 Å². The number of alkyl halides is 1. The van der Waals surface area contributed by atoms with Gasteiger partial charge < -0.3 is 0 Å². The van der Waals surface area contributed by atoms with Gasteiger partial charge in [-0.25, -0.2) is 0 Å². The molecule has 4 nitrogen and oxygen atoms in total. The number of carbonyl (C=O) groups excluding carboxylic acids is 1. The van der Waals surface area contributed by atoms with Gasteiger partial charge in [0.05, 0.1) is 0 Å². The average molecular weight is 423 g/mol. The molecule has 0 fully saturated rings. The van der Waals surface area contributed by atoms with Crippen LogP contribution < -0.4 is 25.9 Å². The predicted octanol–water partition coefficient (Wildman–Crippen LogP) is -0.0655. The van der Waals surface area contributed by atoms with E-state index >= 15 is 0 Å². The number of halogens is 1. The Hall–Kier alpha value is -2.15. The zero-order chi connectivity index (χ0) is 16.7. The van der Waals surface area contributed by atoms with E-state index in [4.69, 9.17) is 9.84 Å². The molecule has 1 N–H and O–H groups in total. The number of ketones is 1. The van der Waals surface area contributed by atoms with E-state index < -0.39 is 5.97 Å². The number of rotatable bonds is 7. The van der Waals surface area contributed by atoms with Crippen molar-refractivity contribution in [2.75, 3.05) is 11.5 Å². The van der Waals surface area contributed by atoms with Gasteiger partial charge in [0.2, 0.25) is 0 Å². The maximum absolute atomic E-state index is 12.4. The van der Waals surface area contributed by atoms with Crippen LogP contribution in [0.1, 0.15) is 15.9 Å². The standard InChI is InChI=1S/C18H16IO4/c1-19-16-11-14(23-12-18(21)22)8-9-15(16)17(20)10-7-13-5-3-2-4-6-13/h2-11H,12H2,1H3,(H,21,22)/q-1. The molecular formula is C18H16IO4-. The molecule has 5 heteroatoms. The predicted molar refractivity (Wildman–Crippen MR) is 84.0 cm³/mol. The molecule has 2 aromatic rings. The Morgan fingerprint density at radius 2 is 1.91 bits per heavy atom. The Morgan fingerprint density at radius 3 is 2.57 bits per heavy atom. The number of allylic oxidation sites excluding steroid dienone is 1. The Morgan fingerprint density at radius 1 is 1.17 bits per heavy atom. The Bertz CT molecular complexity index is 723. The summed E-state index contributed by atoms with van der Waals surface area (Å²) >= 11 is -0.339. The SMILES string of the molecule is C[I-]c1cc(OCC(=O)O)ccc1C(=O)C=Cc1ccccc1. The molecule has 0 aliphatic rings. The van der Waals surface area contributed by atoms with E-state index in [1.54, 1.807) is 30.4 Å². The molecule has 0 saturated heterocycles. The second kappa shape index (κ2) is 8.47. The minimum atomic E-state index is -1.02. The number of carboxylic acids is 1. The summed E-state index contributed by atoms with van der Waals surface area (Å²) in [5.74, 6) is -0.605. The Labute approximate surface area is 145 Å². The Balaban J connectivity index is 2.16. The van der Waals surface area contributed by atoms with Crippen LogP contribution >= 0.6 is 0 Å². The first kappa shape index (κ1) is 17.2. The zero-order valence-corrected chi connectivity index (χ0v) is 14.7. The molecule has 0 unspecified atom stereocenters. The van der Waals surface area contributed by atoms with Crippen LogP contribution in [0.15, 0.2) is 54.6 Å². The van der Waals surface area contributed by atoms with Gasteiger partial charge in [-0.05, 0) is 0 Å². The van der Waals surface area contributed by atoms with E-state index in [-0.39, 0.29) is 33.6 Å². The van der Waals surface area contributed by atoms with Gasteiger partial charge in [-0.1, -0.05) is 0 Å². The number of carbonyl (C=O) groups is 2. The fourth-order valence-corrected chi connectivity index (χ4v) is 3.56. The zero-order valence-electron chi connectivity index (χ0n) is 12.5. The first-order chi connectivity index (χ1) is 11.1. The van der Waals surface area contributed by atoms with Gasteiger partial charge in [0, 0.05) is 0 Å². The van der Waals surface area contributed by atoms with Crippen molar-refractivity contribution in [1.82, 2.24) is 0 Å². The summed E-state index contributed by atoms with van der Waals surface area (Å²) in [6.45, 7) is -0.386. The molecule has 0 atom stereocenters. The summed E-state index contributed by atoms with van der Waals surface area (Å²) in [4.78, 5) is 25.0. The van der Waals surface area contributed by atoms with E-state index in [0.29, 0.717) is 11.3 Å². The van der Waals surface area contributed by atoms with Crippen molar-refractivity contribution in [2.24, 2.45) is 0 Å². The van der Waals surface area contributed by atoms with Crippen LogP contribution in [-0.2, 0) is 4.79 Å². The summed E-state index contributed by atoms with van der Waals surface area (Å²) in [5, 5.41) is 8.64. The van der Waals surface area contributed by atoms with Gasteiger partial charge in [0.15, 0.2) is 0 Å². The minimum absolute atomic E-state index is 0.0600. The number of carboxylic acid groups (broad SMARTS) is 1. The summed E-state index contributed by atoms with van der Waals surface area (Å²) < 4.78 is 6.10. The number of benzene rings is 2. The molecule has 0 heterocycles. The van der Waals surface area contributed by atoms with E-state index in [2.05, 4.69) is 0 Å². The molecule has 23 heavy (non-hydrogen) atoms. The van der Waals surface area contributed by atoms with Crippen molar-refractivity contribution >= 4 is 17.8 Å². The molecule has 2 rings (SSSR count). The van der Waals surface area contributed by atoms with Gasteiger partial charge in [-0.3, -0.25) is 0 Å². The van der Waals surface area contributed by atoms with E-state index in [1.165, 1.54) is 0 Å². The van der Waals surface area contributed by atoms with Gasteiger partial charge >= 0.3 is 145 Å². The summed E-state index contributed by atoms with van der Waals surface area (Å²) in [7, 11) is 0. The van der Waals surface area contributed by atoms with Crippen LogP contribution in [0, 0.1) is 3.57 Å². The molecule has 120 valence electrons. The van der Waals surface area contributed by atoms with Crippen molar-refractivity contribution in [2.45, 2.75) is 0 Å². The van der Waals surface area contributed by atoms with E-state index in [9.17, 15) is 9.59 Å². The van der Waals surface area contributed by atoms with Crippen molar-refractivity contribution in [3.05, 3.63) is 69.3 Å². The number of aliphatic carboxylic acids is 1. The molecule has 0 aliphatic heterocycles. The third-order valence-corrected chi connectivity index (χ3v) is 5.05. The normalized spacial score (nSPS) is 10.8. The molecule has 0 amide bonds. The van der Waals surface area contributed by atoms with Gasteiger partial charge in [0.25, 0.3) is 0 Å². The molecular weight excluding hydrogens is 407 g/mol. The third-order valence-electron chi connectivity index (χ3n) is 3.00. The quantitative estimate of drug-likeness (QED) is 0.293. The van der Waals surface area contributed by atoms with Gasteiger partial charge in [-0.15, -0.1) is 0 Å². The summed E-state index contributed by atoms with van der Waals surface area (Å²) in [5.41, 5.74) is 1.62. The number of hydrogen-bond donors (Lipinski definition) is 1. The molecule has 0 aromatic heterocycles. The first-order valence-electron chi connectivity index (χ1n) is 6.85. The molecule has 0 radical (unpaired) electrons. The van der Waals surface area contributed by atoms with Crippen molar-refractivity contribution in [3.8, 4) is 5.75 Å². The van der Waals surface area contributed by atoms with Crippen LogP contribution in [0.25, 0.3) is 6.08 Å². The molecule has 0 saturated carbocycles. The van der Waals surface area contributed by atoms with E-state index in [0.717, 1.165) is 9.13 Å². The topological polar surface area (TPSA) is 63.6 Å². The summed E-state index contributed by atoms with van der Waals surface area (Å²) in [6.07, 6.45) is 3.35.